The van der Waals surface area contributed by atoms with E-state index in [4.69, 9.17) is 10.5 Å². The number of hydrogen-bond donors (Lipinski definition) is 1. The molecule has 94 valence electrons. The van der Waals surface area contributed by atoms with E-state index in [1.54, 1.807) is 0 Å². The lowest BCUT2D eigenvalue weighted by molar-refractivity contribution is 0.0149. The van der Waals surface area contributed by atoms with E-state index >= 15 is 0 Å². The number of rotatable bonds is 4. The summed E-state index contributed by atoms with van der Waals surface area (Å²) in [6.45, 7) is 4.57. The Morgan fingerprint density at radius 2 is 2.24 bits per heavy atom. The van der Waals surface area contributed by atoms with Crippen molar-refractivity contribution in [1.29, 1.82) is 0 Å². The molecule has 17 heavy (non-hydrogen) atoms. The molecular weight excluding hydrogens is 212 g/mol. The van der Waals surface area contributed by atoms with Crippen LogP contribution in [0, 0.1) is 0 Å². The Kier molecular flexibility index (Phi) is 4.15. The van der Waals surface area contributed by atoms with Crippen LogP contribution in [0.25, 0.3) is 0 Å². The number of nitrogens with zero attached hydrogens (tertiary/aromatic N) is 1. The van der Waals surface area contributed by atoms with Gasteiger partial charge in [-0.2, -0.15) is 0 Å². The molecule has 0 saturated heterocycles. The van der Waals surface area contributed by atoms with Gasteiger partial charge in [0, 0.05) is 19.1 Å². The number of nitrogens with two attached hydrogens (primary N) is 1. The zero-order chi connectivity index (χ0) is 12.3. The molecular formula is C14H22N2O. The molecule has 2 N–H and O–H groups in total. The minimum Gasteiger partial charge on any atom is -0.372 e. The van der Waals surface area contributed by atoms with Crippen LogP contribution < -0.4 is 5.73 Å². The van der Waals surface area contributed by atoms with Crippen LogP contribution in [0.3, 0.4) is 0 Å². The van der Waals surface area contributed by atoms with Crippen LogP contribution >= 0.6 is 0 Å². The summed E-state index contributed by atoms with van der Waals surface area (Å²) in [5, 5.41) is 0. The van der Waals surface area contributed by atoms with E-state index in [9.17, 15) is 0 Å². The molecule has 0 saturated carbocycles. The molecule has 3 heteroatoms. The first-order valence-electron chi connectivity index (χ1n) is 6.32. The van der Waals surface area contributed by atoms with Crippen molar-refractivity contribution >= 4 is 0 Å². The largest absolute Gasteiger partial charge is 0.372 e. The molecule has 2 rings (SSSR count). The molecule has 0 bridgehead atoms. The van der Waals surface area contributed by atoms with Crippen LogP contribution in [0.5, 0.6) is 0 Å². The van der Waals surface area contributed by atoms with Crippen molar-refractivity contribution in [2.45, 2.75) is 25.5 Å². The van der Waals surface area contributed by atoms with Crippen molar-refractivity contribution in [3.05, 3.63) is 35.4 Å². The molecule has 2 unspecified atom stereocenters. The van der Waals surface area contributed by atoms with E-state index in [0.717, 1.165) is 19.6 Å². The van der Waals surface area contributed by atoms with Crippen LogP contribution in [0.2, 0.25) is 0 Å². The lowest BCUT2D eigenvalue weighted by Gasteiger charge is -2.32. The van der Waals surface area contributed by atoms with Gasteiger partial charge in [-0.1, -0.05) is 24.3 Å². The third-order valence-electron chi connectivity index (χ3n) is 3.64. The van der Waals surface area contributed by atoms with Crippen LogP contribution in [-0.4, -0.2) is 37.7 Å². The van der Waals surface area contributed by atoms with E-state index in [1.807, 2.05) is 0 Å². The molecule has 1 aliphatic heterocycles. The molecule has 0 aliphatic carbocycles. The van der Waals surface area contributed by atoms with Gasteiger partial charge in [0.1, 0.15) is 0 Å². The van der Waals surface area contributed by atoms with Gasteiger partial charge in [-0.25, -0.2) is 0 Å². The Labute approximate surface area is 104 Å². The topological polar surface area (TPSA) is 38.5 Å². The third-order valence-corrected chi connectivity index (χ3v) is 3.64. The van der Waals surface area contributed by atoms with Crippen molar-refractivity contribution < 1.29 is 4.74 Å². The molecule has 0 fully saturated rings. The summed E-state index contributed by atoms with van der Waals surface area (Å²) in [7, 11) is 2.11. The molecule has 1 aromatic rings. The minimum atomic E-state index is 0.193. The second-order valence-corrected chi connectivity index (χ2v) is 4.83. The maximum atomic E-state index is 5.89. The number of hydrogen-bond acceptors (Lipinski definition) is 3. The highest BCUT2D eigenvalue weighted by atomic mass is 16.5. The summed E-state index contributed by atoms with van der Waals surface area (Å²) < 4.78 is 5.89. The molecule has 0 amide bonds. The fourth-order valence-corrected chi connectivity index (χ4v) is 2.25. The summed E-state index contributed by atoms with van der Waals surface area (Å²) in [5.74, 6) is 0. The minimum absolute atomic E-state index is 0.193. The molecule has 1 heterocycles. The first-order valence-corrected chi connectivity index (χ1v) is 6.32. The quantitative estimate of drug-likeness (QED) is 0.859. The predicted octanol–water partition coefficient (Wildman–Crippen LogP) is 1.58. The van der Waals surface area contributed by atoms with Crippen LogP contribution in [-0.2, 0) is 11.2 Å². The van der Waals surface area contributed by atoms with Gasteiger partial charge in [0.15, 0.2) is 0 Å². The van der Waals surface area contributed by atoms with Gasteiger partial charge >= 0.3 is 0 Å². The molecule has 1 aromatic carbocycles. The summed E-state index contributed by atoms with van der Waals surface area (Å²) in [6, 6.07) is 8.98. The highest BCUT2D eigenvalue weighted by Gasteiger charge is 2.22. The van der Waals surface area contributed by atoms with E-state index in [0.29, 0.717) is 12.6 Å². The van der Waals surface area contributed by atoms with Crippen molar-refractivity contribution in [2.24, 2.45) is 5.73 Å². The molecule has 1 aliphatic rings. The molecule has 0 aromatic heterocycles. The number of ether oxygens (including phenoxy) is 1. The number of fused-ring (bicyclic) bond motifs is 1. The Morgan fingerprint density at radius 3 is 3.00 bits per heavy atom. The maximum absolute atomic E-state index is 5.89. The highest BCUT2D eigenvalue weighted by molar-refractivity contribution is 5.31. The van der Waals surface area contributed by atoms with Crippen LogP contribution in [0.4, 0.5) is 0 Å². The average molecular weight is 234 g/mol. The van der Waals surface area contributed by atoms with Crippen molar-refractivity contribution in [3.8, 4) is 0 Å². The number of likely N-dealkylation sites (N-methyl/N-ethyl adjacent to an activating group) is 1. The van der Waals surface area contributed by atoms with Crippen LogP contribution in [0.15, 0.2) is 24.3 Å². The van der Waals surface area contributed by atoms with Crippen LogP contribution in [0.1, 0.15) is 24.2 Å². The van der Waals surface area contributed by atoms with Gasteiger partial charge in [-0.3, -0.25) is 4.90 Å². The van der Waals surface area contributed by atoms with Crippen molar-refractivity contribution in [3.63, 3.8) is 0 Å². The third kappa shape index (κ3) is 2.86. The molecule has 3 nitrogen and oxygen atoms in total. The Balaban J connectivity index is 2.08. The lowest BCUT2D eigenvalue weighted by atomic mass is 9.97. The zero-order valence-electron chi connectivity index (χ0n) is 10.7. The predicted molar refractivity (Wildman–Crippen MR) is 70.0 cm³/mol. The van der Waals surface area contributed by atoms with E-state index in [2.05, 4.69) is 43.1 Å². The Morgan fingerprint density at radius 1 is 1.47 bits per heavy atom. The lowest BCUT2D eigenvalue weighted by Crippen LogP contribution is -2.39. The van der Waals surface area contributed by atoms with Gasteiger partial charge in [-0.05, 0) is 31.5 Å². The van der Waals surface area contributed by atoms with Gasteiger partial charge in [0.05, 0.1) is 12.7 Å². The second-order valence-electron chi connectivity index (χ2n) is 4.83. The van der Waals surface area contributed by atoms with Crippen molar-refractivity contribution in [1.82, 2.24) is 4.90 Å². The summed E-state index contributed by atoms with van der Waals surface area (Å²) >= 11 is 0. The maximum Gasteiger partial charge on any atom is 0.0954 e. The fourth-order valence-electron chi connectivity index (χ4n) is 2.25. The summed E-state index contributed by atoms with van der Waals surface area (Å²) in [6.07, 6.45) is 1.22. The van der Waals surface area contributed by atoms with Gasteiger partial charge < -0.3 is 10.5 Å². The molecule has 2 atom stereocenters. The average Bonchev–Trinajstić information content (AvgIpc) is 2.38. The zero-order valence-corrected chi connectivity index (χ0v) is 10.7. The SMILES string of the molecule is CC(CN)N(C)CC1OCCc2ccccc21. The monoisotopic (exact) mass is 234 g/mol. The van der Waals surface area contributed by atoms with Gasteiger partial charge in [-0.15, -0.1) is 0 Å². The first-order chi connectivity index (χ1) is 8.22. The van der Waals surface area contributed by atoms with E-state index in [1.165, 1.54) is 11.1 Å². The molecule has 0 radical (unpaired) electrons. The summed E-state index contributed by atoms with van der Waals surface area (Å²) in [4.78, 5) is 2.27. The first kappa shape index (κ1) is 12.6. The van der Waals surface area contributed by atoms with Gasteiger partial charge in [0.25, 0.3) is 0 Å². The standard InChI is InChI=1S/C14H22N2O/c1-11(9-15)16(2)10-14-13-6-4-3-5-12(13)7-8-17-14/h3-6,11,14H,7-10,15H2,1-2H3. The summed E-state index contributed by atoms with van der Waals surface area (Å²) in [5.41, 5.74) is 8.46. The normalized spacial score (nSPS) is 21.3. The van der Waals surface area contributed by atoms with E-state index < -0.39 is 0 Å². The fraction of sp³-hybridized carbons (Fsp3) is 0.571. The highest BCUT2D eigenvalue weighted by Crippen LogP contribution is 2.27. The second kappa shape index (κ2) is 5.63. The van der Waals surface area contributed by atoms with Crippen molar-refractivity contribution in [2.75, 3.05) is 26.7 Å². The van der Waals surface area contributed by atoms with E-state index in [-0.39, 0.29) is 6.10 Å². The van der Waals surface area contributed by atoms with Gasteiger partial charge in [0.2, 0.25) is 0 Å². The smallest absolute Gasteiger partial charge is 0.0954 e. The Bertz CT molecular complexity index is 367. The Hall–Kier alpha value is -0.900. The molecule has 0 spiro atoms. The number of benzene rings is 1.